The van der Waals surface area contributed by atoms with Gasteiger partial charge in [0.2, 0.25) is 11.1 Å². The summed E-state index contributed by atoms with van der Waals surface area (Å²) in [5, 5.41) is 2.18. The van der Waals surface area contributed by atoms with Crippen LogP contribution in [-0.2, 0) is 27.4 Å². The molecule has 0 radical (unpaired) electrons. The lowest BCUT2D eigenvalue weighted by molar-refractivity contribution is -0.182. The summed E-state index contributed by atoms with van der Waals surface area (Å²) in [7, 11) is 0. The van der Waals surface area contributed by atoms with Crippen LogP contribution in [0.1, 0.15) is 86.5 Å². The number of rotatable bonds is 6. The SMILES string of the molecule is [C-]#[N+]C1(CCn2c(=O)cc(C)c3ccc(C)cc32)CCC(=O)CC1.[C-]#[N+]C1(CCn2c(=O)cc(C)c3ccc(C)cc32)CCC2(CC1)OCCO2. The van der Waals surface area contributed by atoms with Crippen LogP contribution in [0.15, 0.2) is 58.1 Å². The highest BCUT2D eigenvalue weighted by Crippen LogP contribution is 2.44. The van der Waals surface area contributed by atoms with Crippen LogP contribution in [0.4, 0.5) is 0 Å². The molecule has 51 heavy (non-hydrogen) atoms. The van der Waals surface area contributed by atoms with Crippen LogP contribution >= 0.6 is 0 Å². The molecule has 1 aliphatic heterocycles. The first-order valence-corrected chi connectivity index (χ1v) is 18.2. The molecule has 4 aromatic rings. The molecule has 9 nitrogen and oxygen atoms in total. The number of hydrogen-bond acceptors (Lipinski definition) is 5. The molecule has 2 aromatic heterocycles. The largest absolute Gasteiger partial charge is 0.348 e. The first-order valence-electron chi connectivity index (χ1n) is 18.2. The maximum absolute atomic E-state index is 12.7. The van der Waals surface area contributed by atoms with Gasteiger partial charge in [-0.3, -0.25) is 14.4 Å². The molecule has 1 saturated heterocycles. The lowest BCUT2D eigenvalue weighted by atomic mass is 9.77. The van der Waals surface area contributed by atoms with Crippen molar-refractivity contribution >= 4 is 27.6 Å². The normalized spacial score (nSPS) is 19.0. The third-order valence-corrected chi connectivity index (χ3v) is 11.5. The third kappa shape index (κ3) is 7.56. The molecule has 9 heteroatoms. The smallest absolute Gasteiger partial charge is 0.251 e. The number of ether oxygens (including phenoxy) is 2. The van der Waals surface area contributed by atoms with Crippen molar-refractivity contribution in [3.8, 4) is 0 Å². The number of ketones is 1. The Kier molecular flexibility index (Phi) is 10.4. The predicted molar refractivity (Wildman–Crippen MR) is 200 cm³/mol. The molecule has 0 unspecified atom stereocenters. The molecule has 2 aliphatic carbocycles. The number of Topliss-reactive ketones (excluding diaryl/α,β-unsaturated/α-hetero) is 1. The van der Waals surface area contributed by atoms with E-state index in [1.165, 1.54) is 0 Å². The zero-order valence-corrected chi connectivity index (χ0v) is 30.3. The summed E-state index contributed by atoms with van der Waals surface area (Å²) < 4.78 is 15.2. The van der Waals surface area contributed by atoms with Crippen LogP contribution < -0.4 is 11.1 Å². The van der Waals surface area contributed by atoms with Gasteiger partial charge in [-0.1, -0.05) is 24.3 Å². The lowest BCUT2D eigenvalue weighted by Gasteiger charge is -2.37. The van der Waals surface area contributed by atoms with Gasteiger partial charge >= 0.3 is 0 Å². The third-order valence-electron chi connectivity index (χ3n) is 11.5. The van der Waals surface area contributed by atoms with Crippen molar-refractivity contribution in [2.45, 2.75) is 122 Å². The van der Waals surface area contributed by atoms with Crippen LogP contribution in [0.25, 0.3) is 31.5 Å². The van der Waals surface area contributed by atoms with E-state index in [2.05, 4.69) is 40.0 Å². The Balaban J connectivity index is 0.000000177. The number of carbonyl (C=O) groups excluding carboxylic acids is 1. The predicted octanol–water partition coefficient (Wildman–Crippen LogP) is 7.79. The topological polar surface area (TPSA) is 88.2 Å². The van der Waals surface area contributed by atoms with Gasteiger partial charge in [-0.2, -0.15) is 0 Å². The van der Waals surface area contributed by atoms with E-state index in [9.17, 15) is 14.4 Å². The molecule has 0 bridgehead atoms. The van der Waals surface area contributed by atoms with Crippen LogP contribution in [0.3, 0.4) is 0 Å². The zero-order chi connectivity index (χ0) is 36.4. The molecular formula is C42H48N4O5. The Morgan fingerprint density at radius 1 is 0.627 bits per heavy atom. The minimum Gasteiger partial charge on any atom is -0.348 e. The van der Waals surface area contributed by atoms with Crippen LogP contribution in [0, 0.1) is 40.8 Å². The van der Waals surface area contributed by atoms with Gasteiger partial charge in [-0.05, 0) is 62.1 Å². The maximum atomic E-state index is 12.7. The second-order valence-corrected chi connectivity index (χ2v) is 15.0. The summed E-state index contributed by atoms with van der Waals surface area (Å²) in [4.78, 5) is 44.6. The lowest BCUT2D eigenvalue weighted by Crippen LogP contribution is -2.42. The van der Waals surface area contributed by atoms with E-state index < -0.39 is 16.9 Å². The quantitative estimate of drug-likeness (QED) is 0.193. The Morgan fingerprint density at radius 2 is 1.06 bits per heavy atom. The Labute approximate surface area is 299 Å². The molecular weight excluding hydrogens is 640 g/mol. The molecule has 7 rings (SSSR count). The molecule has 1 spiro atoms. The molecule has 266 valence electrons. The van der Waals surface area contributed by atoms with Crippen molar-refractivity contribution in [1.82, 2.24) is 9.13 Å². The van der Waals surface area contributed by atoms with Crippen molar-refractivity contribution in [2.75, 3.05) is 13.2 Å². The van der Waals surface area contributed by atoms with Crippen molar-refractivity contribution < 1.29 is 14.3 Å². The highest BCUT2D eigenvalue weighted by molar-refractivity contribution is 5.84. The summed E-state index contributed by atoms with van der Waals surface area (Å²) in [5.74, 6) is -0.207. The van der Waals surface area contributed by atoms with Crippen LogP contribution in [0.2, 0.25) is 0 Å². The maximum Gasteiger partial charge on any atom is 0.251 e. The standard InChI is InChI=1S/C22H26N2O3.C20H22N2O2/c1-16-4-5-18-17(2)15-20(25)24(19(18)14-16)11-10-21(23-3)6-8-22(9-7-21)26-12-13-27-22;1-14-4-5-17-15(2)13-19(24)22(18(17)12-14)11-10-20(21-3)8-6-16(23)7-9-20/h4-5,14-15H,6-13H2,1-2H3;4-5,12-13H,6-11H2,1-2H3. The number of nitrogens with zero attached hydrogens (tertiary/aromatic N) is 4. The van der Waals surface area contributed by atoms with Crippen molar-refractivity contribution in [3.05, 3.63) is 114 Å². The number of aryl methyl sites for hydroxylation is 6. The van der Waals surface area contributed by atoms with Gasteiger partial charge in [0, 0.05) is 100 Å². The summed E-state index contributed by atoms with van der Waals surface area (Å²) in [6.45, 7) is 25.8. The molecule has 3 heterocycles. The first kappa shape index (κ1) is 36.2. The minimum atomic E-state index is -0.492. The molecule has 3 fully saturated rings. The van der Waals surface area contributed by atoms with E-state index in [0.717, 1.165) is 69.7 Å². The fourth-order valence-electron chi connectivity index (χ4n) is 8.13. The fraction of sp³-hybridized carbons (Fsp3) is 0.500. The molecule has 0 N–H and O–H groups in total. The number of benzene rings is 2. The number of pyridine rings is 2. The first-order chi connectivity index (χ1) is 24.4. The van der Waals surface area contributed by atoms with E-state index in [0.29, 0.717) is 64.8 Å². The summed E-state index contributed by atoms with van der Waals surface area (Å²) in [5.41, 5.74) is 5.21. The molecule has 0 atom stereocenters. The van der Waals surface area contributed by atoms with Gasteiger partial charge in [0.05, 0.1) is 24.2 Å². The average Bonchev–Trinajstić information content (AvgIpc) is 3.58. The number of hydrogen-bond donors (Lipinski definition) is 0. The van der Waals surface area contributed by atoms with Gasteiger partial charge in [-0.15, -0.1) is 0 Å². The van der Waals surface area contributed by atoms with Crippen molar-refractivity contribution in [2.24, 2.45) is 0 Å². The molecule has 0 amide bonds. The Bertz CT molecular complexity index is 2160. The highest BCUT2D eigenvalue weighted by Gasteiger charge is 2.50. The summed E-state index contributed by atoms with van der Waals surface area (Å²) >= 11 is 0. The van der Waals surface area contributed by atoms with Crippen LogP contribution in [0.5, 0.6) is 0 Å². The number of aromatic nitrogens is 2. The van der Waals surface area contributed by atoms with Gasteiger partial charge in [-0.25, -0.2) is 13.1 Å². The number of fused-ring (bicyclic) bond motifs is 2. The van der Waals surface area contributed by atoms with Crippen molar-refractivity contribution in [3.63, 3.8) is 0 Å². The van der Waals surface area contributed by atoms with Gasteiger partial charge in [0.25, 0.3) is 11.1 Å². The van der Waals surface area contributed by atoms with Crippen LogP contribution in [-0.4, -0.2) is 45.0 Å². The number of carbonyl (C=O) groups is 1. The van der Waals surface area contributed by atoms with Gasteiger partial charge in [0.1, 0.15) is 5.78 Å². The summed E-state index contributed by atoms with van der Waals surface area (Å²) in [6, 6.07) is 15.8. The van der Waals surface area contributed by atoms with E-state index >= 15 is 0 Å². The van der Waals surface area contributed by atoms with Crippen molar-refractivity contribution in [1.29, 1.82) is 0 Å². The van der Waals surface area contributed by atoms with Gasteiger partial charge in [0.15, 0.2) is 5.79 Å². The monoisotopic (exact) mass is 688 g/mol. The fourth-order valence-corrected chi connectivity index (χ4v) is 8.13. The van der Waals surface area contributed by atoms with Gasteiger partial charge < -0.3 is 28.3 Å². The highest BCUT2D eigenvalue weighted by atomic mass is 16.7. The van der Waals surface area contributed by atoms with E-state index in [1.807, 2.05) is 38.3 Å². The Hall–Kier alpha value is -4.57. The summed E-state index contributed by atoms with van der Waals surface area (Å²) in [6.07, 6.45) is 6.56. The zero-order valence-electron chi connectivity index (χ0n) is 30.3. The van der Waals surface area contributed by atoms with E-state index in [-0.39, 0.29) is 16.9 Å². The Morgan fingerprint density at radius 3 is 1.49 bits per heavy atom. The minimum absolute atomic E-state index is 0.0143. The molecule has 2 aromatic carbocycles. The van der Waals surface area contributed by atoms with E-state index in [4.69, 9.17) is 22.6 Å². The van der Waals surface area contributed by atoms with E-state index in [1.54, 1.807) is 16.7 Å². The molecule has 3 aliphatic rings. The second kappa shape index (κ2) is 14.6. The average molecular weight is 689 g/mol. The molecule has 2 saturated carbocycles. The second-order valence-electron chi connectivity index (χ2n) is 15.0.